The van der Waals surface area contributed by atoms with Crippen molar-refractivity contribution in [2.75, 3.05) is 58.0 Å². The fourth-order valence-electron chi connectivity index (χ4n) is 4.57. The normalized spacial score (nSPS) is 23.9. The van der Waals surface area contributed by atoms with Crippen LogP contribution in [0.2, 0.25) is 0 Å². The first-order valence-electron chi connectivity index (χ1n) is 9.95. The Morgan fingerprint density at radius 2 is 2.13 bits per heavy atom. The number of likely N-dealkylation sites (tertiary alicyclic amines) is 1. The number of hydrogen-bond donors (Lipinski definition) is 0. The van der Waals surface area contributed by atoms with Crippen LogP contribution in [-0.2, 0) is 20.4 Å². The summed E-state index contributed by atoms with van der Waals surface area (Å²) >= 11 is 0. The molecule has 3 rings (SSSR count). The van der Waals surface area contributed by atoms with Crippen molar-refractivity contribution in [3.63, 3.8) is 0 Å². The quantitative estimate of drug-likeness (QED) is 0.701. The average molecular weight is 425 g/mol. The van der Waals surface area contributed by atoms with E-state index in [-0.39, 0.29) is 29.4 Å². The number of nitriles is 1. The maximum absolute atomic E-state index is 13.4. The molecule has 0 unspecified atom stereocenters. The van der Waals surface area contributed by atoms with Crippen molar-refractivity contribution in [1.29, 1.82) is 5.26 Å². The van der Waals surface area contributed by atoms with Gasteiger partial charge in [0.2, 0.25) is 5.91 Å². The highest BCUT2D eigenvalue weighted by molar-refractivity contribution is 5.77. The van der Waals surface area contributed by atoms with Crippen LogP contribution >= 0.6 is 0 Å². The molecule has 0 bridgehead atoms. The SMILES string of the molecule is CCOCC(=O)N1CC[C@@]2(COC)CN(c3ccc(C#N)c(C(F)(F)F)c3)C[C@H]2C1. The first-order valence-corrected chi connectivity index (χ1v) is 9.95. The lowest BCUT2D eigenvalue weighted by Gasteiger charge is -2.43. The van der Waals surface area contributed by atoms with Crippen LogP contribution in [0.25, 0.3) is 0 Å². The molecule has 0 spiro atoms. The van der Waals surface area contributed by atoms with Gasteiger partial charge in [0.25, 0.3) is 0 Å². The number of carbonyl (C=O) groups is 1. The van der Waals surface area contributed by atoms with Gasteiger partial charge >= 0.3 is 6.18 Å². The Morgan fingerprint density at radius 3 is 2.77 bits per heavy atom. The summed E-state index contributed by atoms with van der Waals surface area (Å²) in [5.74, 6) is 0.000745. The molecule has 0 saturated carbocycles. The third-order valence-electron chi connectivity index (χ3n) is 6.14. The summed E-state index contributed by atoms with van der Waals surface area (Å²) in [4.78, 5) is 16.1. The summed E-state index contributed by atoms with van der Waals surface area (Å²) in [6.07, 6.45) is -3.89. The van der Waals surface area contributed by atoms with Crippen molar-refractivity contribution in [2.24, 2.45) is 11.3 Å². The Kier molecular flexibility index (Phi) is 6.58. The van der Waals surface area contributed by atoms with Gasteiger partial charge in [-0.15, -0.1) is 0 Å². The van der Waals surface area contributed by atoms with E-state index in [2.05, 4.69) is 0 Å². The van der Waals surface area contributed by atoms with E-state index in [1.807, 2.05) is 11.8 Å². The van der Waals surface area contributed by atoms with Crippen LogP contribution < -0.4 is 4.90 Å². The van der Waals surface area contributed by atoms with E-state index in [4.69, 9.17) is 14.7 Å². The van der Waals surface area contributed by atoms with E-state index in [1.165, 1.54) is 6.07 Å². The Morgan fingerprint density at radius 1 is 1.37 bits per heavy atom. The second kappa shape index (κ2) is 8.82. The maximum Gasteiger partial charge on any atom is 0.417 e. The Hall–Kier alpha value is -2.31. The largest absolute Gasteiger partial charge is 0.417 e. The zero-order valence-corrected chi connectivity index (χ0v) is 17.2. The monoisotopic (exact) mass is 425 g/mol. The molecule has 1 aromatic rings. The summed E-state index contributed by atoms with van der Waals surface area (Å²) in [5, 5.41) is 9.03. The smallest absolute Gasteiger partial charge is 0.384 e. The Labute approximate surface area is 174 Å². The predicted molar refractivity (Wildman–Crippen MR) is 104 cm³/mol. The highest BCUT2D eigenvalue weighted by Crippen LogP contribution is 2.45. The maximum atomic E-state index is 13.4. The minimum Gasteiger partial charge on any atom is -0.384 e. The summed E-state index contributed by atoms with van der Waals surface area (Å²) in [6.45, 7) is 4.96. The molecule has 6 nitrogen and oxygen atoms in total. The fraction of sp³-hybridized carbons (Fsp3) is 0.619. The van der Waals surface area contributed by atoms with E-state index >= 15 is 0 Å². The van der Waals surface area contributed by atoms with Gasteiger partial charge < -0.3 is 19.3 Å². The van der Waals surface area contributed by atoms with E-state index in [0.29, 0.717) is 51.5 Å². The van der Waals surface area contributed by atoms with Crippen LogP contribution in [0.5, 0.6) is 0 Å². The van der Waals surface area contributed by atoms with Crippen LogP contribution in [0, 0.1) is 22.7 Å². The molecule has 0 N–H and O–H groups in total. The highest BCUT2D eigenvalue weighted by Gasteiger charge is 2.50. The number of amides is 1. The van der Waals surface area contributed by atoms with E-state index in [9.17, 15) is 18.0 Å². The summed E-state index contributed by atoms with van der Waals surface area (Å²) in [5.41, 5.74) is -1.11. The Balaban J connectivity index is 1.83. The zero-order chi connectivity index (χ0) is 21.9. The van der Waals surface area contributed by atoms with Gasteiger partial charge in [-0.2, -0.15) is 18.4 Å². The number of hydrogen-bond acceptors (Lipinski definition) is 5. The topological polar surface area (TPSA) is 65.8 Å². The van der Waals surface area contributed by atoms with Crippen molar-refractivity contribution in [3.8, 4) is 6.07 Å². The number of anilines is 1. The van der Waals surface area contributed by atoms with Crippen molar-refractivity contribution >= 4 is 11.6 Å². The van der Waals surface area contributed by atoms with Gasteiger partial charge in [-0.3, -0.25) is 4.79 Å². The number of nitrogens with zero attached hydrogens (tertiary/aromatic N) is 3. The standard InChI is InChI=1S/C21H26F3N3O3/c1-3-30-12-19(28)26-7-6-20(14-29-2)13-27(11-16(20)10-26)17-5-4-15(9-25)18(8-17)21(22,23)24/h4-5,8,16H,3,6-7,10-14H2,1-2H3/t16-,20+/m1/s1. The number of fused-ring (bicyclic) bond motifs is 1. The van der Waals surface area contributed by atoms with Crippen molar-refractivity contribution in [2.45, 2.75) is 19.5 Å². The van der Waals surface area contributed by atoms with Gasteiger partial charge in [-0.1, -0.05) is 0 Å². The summed E-state index contributed by atoms with van der Waals surface area (Å²) < 4.78 is 50.9. The molecule has 0 aromatic heterocycles. The summed E-state index contributed by atoms with van der Waals surface area (Å²) in [6, 6.07) is 5.45. The molecule has 2 saturated heterocycles. The zero-order valence-electron chi connectivity index (χ0n) is 17.2. The molecular formula is C21H26F3N3O3. The van der Waals surface area contributed by atoms with Gasteiger partial charge in [0, 0.05) is 56.9 Å². The molecular weight excluding hydrogens is 399 g/mol. The van der Waals surface area contributed by atoms with Crippen LogP contribution in [0.1, 0.15) is 24.5 Å². The van der Waals surface area contributed by atoms with Gasteiger partial charge in [0.05, 0.1) is 23.8 Å². The number of alkyl halides is 3. The number of carbonyl (C=O) groups excluding carboxylic acids is 1. The molecule has 2 aliphatic rings. The molecule has 2 aliphatic heterocycles. The minimum atomic E-state index is -4.60. The number of piperidine rings is 1. The lowest BCUT2D eigenvalue weighted by molar-refractivity contribution is -0.140. The molecule has 2 heterocycles. The molecule has 1 amide bonds. The van der Waals surface area contributed by atoms with Crippen molar-refractivity contribution in [3.05, 3.63) is 29.3 Å². The summed E-state index contributed by atoms with van der Waals surface area (Å²) in [7, 11) is 1.62. The van der Waals surface area contributed by atoms with Gasteiger partial charge in [-0.05, 0) is 31.5 Å². The van der Waals surface area contributed by atoms with Crippen LogP contribution in [0.3, 0.4) is 0 Å². The first-order chi connectivity index (χ1) is 14.2. The number of methoxy groups -OCH3 is 1. The molecule has 0 aliphatic carbocycles. The number of ether oxygens (including phenoxy) is 2. The van der Waals surface area contributed by atoms with E-state index in [1.54, 1.807) is 24.1 Å². The molecule has 9 heteroatoms. The van der Waals surface area contributed by atoms with Crippen molar-refractivity contribution < 1.29 is 27.4 Å². The fourth-order valence-corrected chi connectivity index (χ4v) is 4.57. The highest BCUT2D eigenvalue weighted by atomic mass is 19.4. The van der Waals surface area contributed by atoms with E-state index in [0.717, 1.165) is 6.07 Å². The average Bonchev–Trinajstić information content (AvgIpc) is 3.09. The lowest BCUT2D eigenvalue weighted by atomic mass is 9.73. The van der Waals surface area contributed by atoms with Crippen LogP contribution in [-0.4, -0.2) is 63.9 Å². The molecule has 2 atom stereocenters. The molecule has 30 heavy (non-hydrogen) atoms. The predicted octanol–water partition coefficient (Wildman–Crippen LogP) is 2.91. The second-order valence-electron chi connectivity index (χ2n) is 7.94. The number of halogens is 3. The Bertz CT molecular complexity index is 824. The minimum absolute atomic E-state index is 0.0365. The molecule has 1 aromatic carbocycles. The van der Waals surface area contributed by atoms with Gasteiger partial charge in [-0.25, -0.2) is 0 Å². The lowest BCUT2D eigenvalue weighted by Crippen LogP contribution is -2.51. The third kappa shape index (κ3) is 4.40. The molecule has 0 radical (unpaired) electrons. The van der Waals surface area contributed by atoms with Crippen molar-refractivity contribution in [1.82, 2.24) is 4.90 Å². The third-order valence-corrected chi connectivity index (χ3v) is 6.14. The number of rotatable bonds is 6. The van der Waals surface area contributed by atoms with Gasteiger partial charge in [0.15, 0.2) is 0 Å². The first kappa shape index (κ1) is 22.4. The number of benzene rings is 1. The van der Waals surface area contributed by atoms with Crippen LogP contribution in [0.4, 0.5) is 18.9 Å². The van der Waals surface area contributed by atoms with E-state index < -0.39 is 11.7 Å². The molecule has 2 fully saturated rings. The van der Waals surface area contributed by atoms with Gasteiger partial charge in [0.1, 0.15) is 6.61 Å². The second-order valence-corrected chi connectivity index (χ2v) is 7.94. The molecule has 164 valence electrons. The van der Waals surface area contributed by atoms with Crippen LogP contribution in [0.15, 0.2) is 18.2 Å².